The first-order chi connectivity index (χ1) is 13.6. The molecule has 2 saturated heterocycles. The molecule has 0 aromatic heterocycles. The molecule has 0 aliphatic carbocycles. The summed E-state index contributed by atoms with van der Waals surface area (Å²) < 4.78 is 11.5. The lowest BCUT2D eigenvalue weighted by Gasteiger charge is -2.48. The van der Waals surface area contributed by atoms with Crippen molar-refractivity contribution >= 4 is 5.91 Å². The number of hydrogen-bond donors (Lipinski definition) is 0. The van der Waals surface area contributed by atoms with E-state index < -0.39 is 0 Å². The average Bonchev–Trinajstić information content (AvgIpc) is 2.74. The standard InChI is InChI=1S/C23H36N2O3/c1-4-24(5-2)20-12-17-28-23(18-20)13-15-25(16-14-23)22(26)11-8-19-6-9-21(27-3)10-7-19/h6-7,9-10,20H,4-5,8,11-18H2,1-3H3. The smallest absolute Gasteiger partial charge is 0.222 e. The minimum Gasteiger partial charge on any atom is -0.497 e. The van der Waals surface area contributed by atoms with Crippen molar-refractivity contribution in [1.82, 2.24) is 9.80 Å². The van der Waals surface area contributed by atoms with E-state index in [-0.39, 0.29) is 11.5 Å². The normalized spacial score (nSPS) is 21.9. The van der Waals surface area contributed by atoms with E-state index in [2.05, 4.69) is 18.7 Å². The van der Waals surface area contributed by atoms with Crippen LogP contribution in [-0.4, -0.2) is 67.2 Å². The summed E-state index contributed by atoms with van der Waals surface area (Å²) in [5, 5.41) is 0. The molecule has 1 atom stereocenters. The van der Waals surface area contributed by atoms with Crippen molar-refractivity contribution in [3.63, 3.8) is 0 Å². The summed E-state index contributed by atoms with van der Waals surface area (Å²) in [6, 6.07) is 8.62. The summed E-state index contributed by atoms with van der Waals surface area (Å²) in [7, 11) is 1.67. The van der Waals surface area contributed by atoms with Gasteiger partial charge < -0.3 is 19.3 Å². The maximum absolute atomic E-state index is 12.7. The summed E-state index contributed by atoms with van der Waals surface area (Å²) in [5.74, 6) is 1.12. The lowest BCUT2D eigenvalue weighted by Crippen LogP contribution is -2.54. The van der Waals surface area contributed by atoms with E-state index in [1.54, 1.807) is 7.11 Å². The van der Waals surface area contributed by atoms with Gasteiger partial charge in [-0.05, 0) is 62.9 Å². The Bertz CT molecular complexity index is 619. The summed E-state index contributed by atoms with van der Waals surface area (Å²) in [6.07, 6.45) is 5.54. The molecule has 1 amide bonds. The molecule has 1 aromatic carbocycles. The van der Waals surface area contributed by atoms with E-state index in [9.17, 15) is 4.79 Å². The topological polar surface area (TPSA) is 42.0 Å². The molecular formula is C23H36N2O3. The number of carbonyl (C=O) groups is 1. The van der Waals surface area contributed by atoms with Gasteiger partial charge in [-0.25, -0.2) is 0 Å². The third-order valence-corrected chi connectivity index (χ3v) is 6.61. The SMILES string of the molecule is CCN(CC)C1CCOC2(CCN(C(=O)CCc3ccc(OC)cc3)CC2)C1. The Morgan fingerprint density at radius 3 is 2.50 bits per heavy atom. The lowest BCUT2D eigenvalue weighted by molar-refractivity contribution is -0.149. The number of likely N-dealkylation sites (tertiary alicyclic amines) is 1. The van der Waals surface area contributed by atoms with Crippen molar-refractivity contribution in [3.05, 3.63) is 29.8 Å². The number of carbonyl (C=O) groups excluding carboxylic acids is 1. The maximum Gasteiger partial charge on any atom is 0.222 e. The lowest BCUT2D eigenvalue weighted by atomic mass is 9.81. The third kappa shape index (κ3) is 5.06. The second kappa shape index (κ2) is 9.75. The van der Waals surface area contributed by atoms with Gasteiger partial charge >= 0.3 is 0 Å². The van der Waals surface area contributed by atoms with E-state index >= 15 is 0 Å². The molecule has 5 heteroatoms. The number of piperidine rings is 1. The fourth-order valence-electron chi connectivity index (χ4n) is 4.77. The molecule has 0 radical (unpaired) electrons. The highest BCUT2D eigenvalue weighted by atomic mass is 16.5. The molecule has 2 aliphatic heterocycles. The number of hydrogen-bond acceptors (Lipinski definition) is 4. The number of methoxy groups -OCH3 is 1. The summed E-state index contributed by atoms with van der Waals surface area (Å²) >= 11 is 0. The first-order valence-corrected chi connectivity index (χ1v) is 10.9. The van der Waals surface area contributed by atoms with E-state index in [1.165, 1.54) is 5.56 Å². The first-order valence-electron chi connectivity index (χ1n) is 10.9. The fourth-order valence-corrected chi connectivity index (χ4v) is 4.77. The molecule has 0 saturated carbocycles. The number of nitrogens with zero attached hydrogens (tertiary/aromatic N) is 2. The van der Waals surface area contributed by atoms with Crippen LogP contribution in [0.15, 0.2) is 24.3 Å². The molecule has 5 nitrogen and oxygen atoms in total. The Kier molecular flexibility index (Phi) is 7.36. The summed E-state index contributed by atoms with van der Waals surface area (Å²) in [4.78, 5) is 17.3. The van der Waals surface area contributed by atoms with Crippen LogP contribution in [0.25, 0.3) is 0 Å². The highest BCUT2D eigenvalue weighted by Gasteiger charge is 2.42. The van der Waals surface area contributed by atoms with Crippen molar-refractivity contribution in [3.8, 4) is 5.75 Å². The molecule has 28 heavy (non-hydrogen) atoms. The van der Waals surface area contributed by atoms with Crippen LogP contribution < -0.4 is 4.74 Å². The van der Waals surface area contributed by atoms with Crippen molar-refractivity contribution < 1.29 is 14.3 Å². The molecule has 156 valence electrons. The van der Waals surface area contributed by atoms with Gasteiger partial charge in [-0.1, -0.05) is 26.0 Å². The highest BCUT2D eigenvalue weighted by molar-refractivity contribution is 5.76. The Morgan fingerprint density at radius 1 is 1.21 bits per heavy atom. The zero-order valence-electron chi connectivity index (χ0n) is 17.8. The Hall–Kier alpha value is -1.59. The van der Waals surface area contributed by atoms with Crippen molar-refractivity contribution in [2.24, 2.45) is 0 Å². The van der Waals surface area contributed by atoms with Crippen LogP contribution in [-0.2, 0) is 16.0 Å². The monoisotopic (exact) mass is 388 g/mol. The number of rotatable bonds is 7. The molecule has 3 rings (SSSR count). The van der Waals surface area contributed by atoms with Crippen LogP contribution in [0.3, 0.4) is 0 Å². The predicted molar refractivity (Wildman–Crippen MR) is 112 cm³/mol. The van der Waals surface area contributed by atoms with Gasteiger partial charge in [0, 0.05) is 32.2 Å². The molecule has 1 spiro atoms. The van der Waals surface area contributed by atoms with E-state index in [4.69, 9.17) is 9.47 Å². The molecule has 0 bridgehead atoms. The van der Waals surface area contributed by atoms with Crippen LogP contribution in [0.1, 0.15) is 51.5 Å². The van der Waals surface area contributed by atoms with Gasteiger partial charge in [0.1, 0.15) is 5.75 Å². The van der Waals surface area contributed by atoms with Crippen LogP contribution in [0.4, 0.5) is 0 Å². The molecule has 1 unspecified atom stereocenters. The predicted octanol–water partition coefficient (Wildman–Crippen LogP) is 3.51. The third-order valence-electron chi connectivity index (χ3n) is 6.61. The highest BCUT2D eigenvalue weighted by Crippen LogP contribution is 2.36. The largest absolute Gasteiger partial charge is 0.497 e. The van der Waals surface area contributed by atoms with Gasteiger partial charge in [0.15, 0.2) is 0 Å². The van der Waals surface area contributed by atoms with Crippen molar-refractivity contribution in [1.29, 1.82) is 0 Å². The number of aryl methyl sites for hydroxylation is 1. The Morgan fingerprint density at radius 2 is 1.89 bits per heavy atom. The molecule has 2 fully saturated rings. The molecule has 0 N–H and O–H groups in total. The molecule has 1 aromatic rings. The second-order valence-corrected chi connectivity index (χ2v) is 8.13. The van der Waals surface area contributed by atoms with Crippen molar-refractivity contribution in [2.45, 2.75) is 64.0 Å². The van der Waals surface area contributed by atoms with Crippen molar-refractivity contribution in [2.75, 3.05) is 39.9 Å². The van der Waals surface area contributed by atoms with Gasteiger partial charge in [0.05, 0.1) is 12.7 Å². The zero-order chi connectivity index (χ0) is 20.0. The number of ether oxygens (including phenoxy) is 2. The van der Waals surface area contributed by atoms with Gasteiger partial charge in [-0.15, -0.1) is 0 Å². The summed E-state index contributed by atoms with van der Waals surface area (Å²) in [6.45, 7) is 9.21. The van der Waals surface area contributed by atoms with Gasteiger partial charge in [-0.2, -0.15) is 0 Å². The minimum atomic E-state index is -0.0156. The van der Waals surface area contributed by atoms with Crippen LogP contribution in [0.2, 0.25) is 0 Å². The molecular weight excluding hydrogens is 352 g/mol. The minimum absolute atomic E-state index is 0.0156. The van der Waals surface area contributed by atoms with E-state index in [0.717, 1.165) is 70.6 Å². The average molecular weight is 389 g/mol. The van der Waals surface area contributed by atoms with Gasteiger partial charge in [-0.3, -0.25) is 4.79 Å². The van der Waals surface area contributed by atoms with Crippen LogP contribution in [0.5, 0.6) is 5.75 Å². The molecule has 2 aliphatic rings. The number of amides is 1. The van der Waals surface area contributed by atoms with E-state index in [1.807, 2.05) is 29.2 Å². The fraction of sp³-hybridized carbons (Fsp3) is 0.696. The summed E-state index contributed by atoms with van der Waals surface area (Å²) in [5.41, 5.74) is 1.17. The second-order valence-electron chi connectivity index (χ2n) is 8.13. The maximum atomic E-state index is 12.7. The van der Waals surface area contributed by atoms with E-state index in [0.29, 0.717) is 12.5 Å². The Balaban J connectivity index is 1.48. The quantitative estimate of drug-likeness (QED) is 0.717. The van der Waals surface area contributed by atoms with Crippen LogP contribution >= 0.6 is 0 Å². The zero-order valence-corrected chi connectivity index (χ0v) is 17.8. The Labute approximate surface area is 170 Å². The van der Waals surface area contributed by atoms with Gasteiger partial charge in [0.2, 0.25) is 5.91 Å². The number of benzene rings is 1. The molecule has 2 heterocycles. The van der Waals surface area contributed by atoms with Crippen LogP contribution in [0, 0.1) is 0 Å². The first kappa shape index (κ1) is 21.1. The van der Waals surface area contributed by atoms with Gasteiger partial charge in [0.25, 0.3) is 0 Å².